The van der Waals surface area contributed by atoms with Crippen LogP contribution >= 0.6 is 0 Å². The van der Waals surface area contributed by atoms with Gasteiger partial charge in [0, 0.05) is 13.1 Å². The Morgan fingerprint density at radius 1 is 1.20 bits per heavy atom. The molecule has 0 aliphatic carbocycles. The Morgan fingerprint density at radius 2 is 2.00 bits per heavy atom. The number of para-hydroxylation sites is 1. The fourth-order valence-electron chi connectivity index (χ4n) is 1.87. The molecule has 1 atom stereocenters. The molecule has 1 amide bonds. The summed E-state index contributed by atoms with van der Waals surface area (Å²) in [6.07, 6.45) is 0.0389. The summed E-state index contributed by atoms with van der Waals surface area (Å²) in [6.45, 7) is 1.72. The number of amides is 1. The summed E-state index contributed by atoms with van der Waals surface area (Å²) in [7, 11) is 0. The van der Waals surface area contributed by atoms with E-state index in [-0.39, 0.29) is 18.9 Å². The summed E-state index contributed by atoms with van der Waals surface area (Å²) >= 11 is 0. The standard InChI is InChI=1S/C14H18N2O4/c17-13(10-12-14(18)16-7-6-15-12)20-9-8-19-11-4-2-1-3-5-11/h1-5,12,15H,6-10H2,(H,16,18). The monoisotopic (exact) mass is 278 g/mol. The smallest absolute Gasteiger partial charge is 0.308 e. The van der Waals surface area contributed by atoms with Crippen LogP contribution in [0.25, 0.3) is 0 Å². The van der Waals surface area contributed by atoms with Gasteiger partial charge in [-0.3, -0.25) is 9.59 Å². The molecule has 1 aliphatic heterocycles. The minimum absolute atomic E-state index is 0.0389. The third kappa shape index (κ3) is 4.55. The van der Waals surface area contributed by atoms with E-state index in [1.54, 1.807) is 0 Å². The van der Waals surface area contributed by atoms with Gasteiger partial charge in [0.25, 0.3) is 0 Å². The maximum absolute atomic E-state index is 11.6. The van der Waals surface area contributed by atoms with Gasteiger partial charge >= 0.3 is 5.97 Å². The van der Waals surface area contributed by atoms with E-state index in [1.807, 2.05) is 30.3 Å². The largest absolute Gasteiger partial charge is 0.490 e. The van der Waals surface area contributed by atoms with Crippen LogP contribution in [-0.2, 0) is 14.3 Å². The molecule has 1 heterocycles. The number of rotatable bonds is 6. The molecular weight excluding hydrogens is 260 g/mol. The predicted octanol–water partition coefficient (Wildman–Crippen LogP) is 0.0867. The lowest BCUT2D eigenvalue weighted by Gasteiger charge is -2.22. The lowest BCUT2D eigenvalue weighted by molar-refractivity contribution is -0.146. The molecule has 108 valence electrons. The SMILES string of the molecule is O=C(CC1NCCNC1=O)OCCOc1ccccc1. The number of piperazine rings is 1. The van der Waals surface area contributed by atoms with E-state index in [0.717, 1.165) is 5.75 Å². The molecular formula is C14H18N2O4. The minimum Gasteiger partial charge on any atom is -0.490 e. The Morgan fingerprint density at radius 3 is 2.75 bits per heavy atom. The quantitative estimate of drug-likeness (QED) is 0.569. The van der Waals surface area contributed by atoms with E-state index in [2.05, 4.69) is 10.6 Å². The van der Waals surface area contributed by atoms with Crippen molar-refractivity contribution in [1.29, 1.82) is 0 Å². The van der Waals surface area contributed by atoms with Crippen LogP contribution in [0, 0.1) is 0 Å². The first-order valence-electron chi connectivity index (χ1n) is 6.60. The maximum Gasteiger partial charge on any atom is 0.308 e. The van der Waals surface area contributed by atoms with E-state index < -0.39 is 12.0 Å². The number of esters is 1. The molecule has 2 N–H and O–H groups in total. The number of benzene rings is 1. The molecule has 0 aromatic heterocycles. The number of carbonyl (C=O) groups excluding carboxylic acids is 2. The first kappa shape index (κ1) is 14.3. The van der Waals surface area contributed by atoms with Crippen LogP contribution in [0.2, 0.25) is 0 Å². The fraction of sp³-hybridized carbons (Fsp3) is 0.429. The molecule has 1 saturated heterocycles. The molecule has 1 aromatic carbocycles. The van der Waals surface area contributed by atoms with E-state index >= 15 is 0 Å². The fourth-order valence-corrected chi connectivity index (χ4v) is 1.87. The summed E-state index contributed by atoms with van der Waals surface area (Å²) in [5.41, 5.74) is 0. The Kier molecular flexibility index (Phi) is 5.37. The molecule has 0 spiro atoms. The highest BCUT2D eigenvalue weighted by Gasteiger charge is 2.24. The van der Waals surface area contributed by atoms with Gasteiger partial charge in [0.15, 0.2) is 0 Å². The average molecular weight is 278 g/mol. The van der Waals surface area contributed by atoms with Gasteiger partial charge in [-0.1, -0.05) is 18.2 Å². The molecule has 1 fully saturated rings. The van der Waals surface area contributed by atoms with Gasteiger partial charge in [0.2, 0.25) is 5.91 Å². The van der Waals surface area contributed by atoms with Gasteiger partial charge in [-0.05, 0) is 12.1 Å². The first-order chi connectivity index (χ1) is 9.75. The molecule has 6 nitrogen and oxygen atoms in total. The third-order valence-electron chi connectivity index (χ3n) is 2.86. The van der Waals surface area contributed by atoms with Gasteiger partial charge in [-0.2, -0.15) is 0 Å². The summed E-state index contributed by atoms with van der Waals surface area (Å²) in [5, 5.41) is 5.66. The van der Waals surface area contributed by atoms with Crippen molar-refractivity contribution >= 4 is 11.9 Å². The van der Waals surface area contributed by atoms with Crippen molar-refractivity contribution in [3.63, 3.8) is 0 Å². The highest BCUT2D eigenvalue weighted by atomic mass is 16.6. The summed E-state index contributed by atoms with van der Waals surface area (Å²) in [6, 6.07) is 8.81. The van der Waals surface area contributed by atoms with Crippen molar-refractivity contribution in [1.82, 2.24) is 10.6 Å². The second kappa shape index (κ2) is 7.49. The highest BCUT2D eigenvalue weighted by molar-refractivity contribution is 5.87. The van der Waals surface area contributed by atoms with Crippen LogP contribution in [0.4, 0.5) is 0 Å². The van der Waals surface area contributed by atoms with E-state index in [4.69, 9.17) is 9.47 Å². The van der Waals surface area contributed by atoms with Gasteiger partial charge in [-0.15, -0.1) is 0 Å². The number of carbonyl (C=O) groups is 2. The van der Waals surface area contributed by atoms with Gasteiger partial charge in [0.05, 0.1) is 12.5 Å². The van der Waals surface area contributed by atoms with Crippen LogP contribution in [0.3, 0.4) is 0 Å². The Labute approximate surface area is 117 Å². The summed E-state index contributed by atoms with van der Waals surface area (Å²) in [5.74, 6) is 0.168. The van der Waals surface area contributed by atoms with Gasteiger partial charge in [0.1, 0.15) is 19.0 Å². The number of ether oxygens (including phenoxy) is 2. The van der Waals surface area contributed by atoms with Crippen LogP contribution in [0.5, 0.6) is 5.75 Å². The first-order valence-corrected chi connectivity index (χ1v) is 6.60. The lowest BCUT2D eigenvalue weighted by atomic mass is 10.1. The predicted molar refractivity (Wildman–Crippen MR) is 72.3 cm³/mol. The van der Waals surface area contributed by atoms with Crippen LogP contribution < -0.4 is 15.4 Å². The highest BCUT2D eigenvalue weighted by Crippen LogP contribution is 2.07. The number of hydrogen-bond donors (Lipinski definition) is 2. The van der Waals surface area contributed by atoms with Crippen molar-refractivity contribution in [3.8, 4) is 5.75 Å². The van der Waals surface area contributed by atoms with Crippen molar-refractivity contribution in [2.24, 2.45) is 0 Å². The topological polar surface area (TPSA) is 76.7 Å². The molecule has 6 heteroatoms. The molecule has 0 radical (unpaired) electrons. The minimum atomic E-state index is -0.494. The van der Waals surface area contributed by atoms with Crippen molar-refractivity contribution in [3.05, 3.63) is 30.3 Å². The zero-order valence-corrected chi connectivity index (χ0v) is 11.1. The maximum atomic E-state index is 11.6. The molecule has 2 rings (SSSR count). The zero-order valence-electron chi connectivity index (χ0n) is 11.1. The average Bonchev–Trinajstić information content (AvgIpc) is 2.47. The van der Waals surface area contributed by atoms with E-state index in [9.17, 15) is 9.59 Å². The number of nitrogens with one attached hydrogen (secondary N) is 2. The van der Waals surface area contributed by atoms with Gasteiger partial charge in [-0.25, -0.2) is 0 Å². The van der Waals surface area contributed by atoms with Crippen LogP contribution in [0.15, 0.2) is 30.3 Å². The van der Waals surface area contributed by atoms with Crippen molar-refractivity contribution in [2.45, 2.75) is 12.5 Å². The summed E-state index contributed by atoms with van der Waals surface area (Å²) in [4.78, 5) is 23.0. The van der Waals surface area contributed by atoms with Crippen molar-refractivity contribution < 1.29 is 19.1 Å². The molecule has 1 aromatic rings. The van der Waals surface area contributed by atoms with Crippen LogP contribution in [-0.4, -0.2) is 44.2 Å². The second-order valence-corrected chi connectivity index (χ2v) is 4.38. The Hall–Kier alpha value is -2.08. The molecule has 0 bridgehead atoms. The number of hydrogen-bond acceptors (Lipinski definition) is 5. The molecule has 1 aliphatic rings. The Bertz CT molecular complexity index is 450. The molecule has 1 unspecified atom stereocenters. The van der Waals surface area contributed by atoms with Crippen LogP contribution in [0.1, 0.15) is 6.42 Å². The van der Waals surface area contributed by atoms with E-state index in [0.29, 0.717) is 19.7 Å². The van der Waals surface area contributed by atoms with Crippen molar-refractivity contribution in [2.75, 3.05) is 26.3 Å². The lowest BCUT2D eigenvalue weighted by Crippen LogP contribution is -2.53. The third-order valence-corrected chi connectivity index (χ3v) is 2.86. The molecule has 0 saturated carbocycles. The Balaban J connectivity index is 1.61. The second-order valence-electron chi connectivity index (χ2n) is 4.38. The normalized spacial score (nSPS) is 18.2. The van der Waals surface area contributed by atoms with Gasteiger partial charge < -0.3 is 20.1 Å². The summed E-state index contributed by atoms with van der Waals surface area (Å²) < 4.78 is 10.4. The van der Waals surface area contributed by atoms with E-state index in [1.165, 1.54) is 0 Å². The zero-order chi connectivity index (χ0) is 14.2. The molecule has 20 heavy (non-hydrogen) atoms.